The van der Waals surface area contributed by atoms with Crippen LogP contribution in [0.5, 0.6) is 0 Å². The summed E-state index contributed by atoms with van der Waals surface area (Å²) in [7, 11) is 0. The number of carbonyl (C=O) groups is 1. The number of ether oxygens (including phenoxy) is 1. The fraction of sp³-hybridized carbons (Fsp3) is 0.300. The van der Waals surface area contributed by atoms with Crippen LogP contribution in [-0.4, -0.2) is 41.0 Å². The fourth-order valence-corrected chi connectivity index (χ4v) is 3.06. The third-order valence-electron chi connectivity index (χ3n) is 4.59. The van der Waals surface area contributed by atoms with Gasteiger partial charge in [0.2, 0.25) is 0 Å². The van der Waals surface area contributed by atoms with Gasteiger partial charge >= 0.3 is 6.18 Å². The minimum Gasteiger partial charge on any atom is -0.369 e. The van der Waals surface area contributed by atoms with Gasteiger partial charge in [0.1, 0.15) is 11.6 Å². The first-order chi connectivity index (χ1) is 14.1. The summed E-state index contributed by atoms with van der Waals surface area (Å²) in [6, 6.07) is 6.61. The van der Waals surface area contributed by atoms with Crippen LogP contribution in [0.4, 0.5) is 27.8 Å². The highest BCUT2D eigenvalue weighted by Crippen LogP contribution is 2.29. The molecule has 1 fully saturated rings. The Labute approximate surface area is 169 Å². The number of hydrogen-bond donors (Lipinski definition) is 1. The number of rotatable bonds is 6. The van der Waals surface area contributed by atoms with E-state index in [2.05, 4.69) is 16.9 Å². The molecule has 2 atom stereocenters. The van der Waals surface area contributed by atoms with E-state index in [1.807, 2.05) is 0 Å². The van der Waals surface area contributed by atoms with Crippen molar-refractivity contribution in [3.8, 4) is 0 Å². The van der Waals surface area contributed by atoms with Gasteiger partial charge in [-0.1, -0.05) is 18.7 Å². The topological polar surface area (TPSA) is 54.5 Å². The van der Waals surface area contributed by atoms with Crippen molar-refractivity contribution in [2.24, 2.45) is 0 Å². The number of aromatic nitrogens is 1. The van der Waals surface area contributed by atoms with Crippen molar-refractivity contribution in [2.75, 3.05) is 18.4 Å². The van der Waals surface area contributed by atoms with Gasteiger partial charge in [-0.05, 0) is 29.8 Å². The van der Waals surface area contributed by atoms with Crippen LogP contribution in [0.25, 0.3) is 0 Å². The molecule has 3 rings (SSSR count). The molecular weight excluding hydrogens is 409 g/mol. The smallest absolute Gasteiger partial charge is 0.369 e. The average molecular weight is 427 g/mol. The zero-order chi connectivity index (χ0) is 21.9. The quantitative estimate of drug-likeness (QED) is 0.561. The number of alkyl halides is 3. The van der Waals surface area contributed by atoms with Crippen molar-refractivity contribution in [3.05, 3.63) is 71.9 Å². The van der Waals surface area contributed by atoms with Gasteiger partial charge in [-0.3, -0.25) is 4.79 Å². The van der Waals surface area contributed by atoms with Gasteiger partial charge in [0.15, 0.2) is 5.83 Å². The van der Waals surface area contributed by atoms with Crippen LogP contribution < -0.4 is 5.32 Å². The number of pyridine rings is 1. The van der Waals surface area contributed by atoms with Crippen molar-refractivity contribution in [1.29, 1.82) is 0 Å². The molecule has 1 aliphatic heterocycles. The maximum Gasteiger partial charge on any atom is 0.416 e. The minimum atomic E-state index is -4.43. The molecule has 0 radical (unpaired) electrons. The molecule has 1 N–H and O–H groups in total. The van der Waals surface area contributed by atoms with Gasteiger partial charge in [-0.15, -0.1) is 0 Å². The Morgan fingerprint density at radius 3 is 2.47 bits per heavy atom. The zero-order valence-electron chi connectivity index (χ0n) is 15.6. The Bertz CT molecular complexity index is 900. The first-order valence-corrected chi connectivity index (χ1v) is 8.93. The normalized spacial score (nSPS) is 19.0. The van der Waals surface area contributed by atoms with E-state index in [4.69, 9.17) is 4.74 Å². The van der Waals surface area contributed by atoms with Gasteiger partial charge < -0.3 is 15.0 Å². The molecule has 1 amide bonds. The summed E-state index contributed by atoms with van der Waals surface area (Å²) in [4.78, 5) is 17.0. The molecule has 2 aromatic rings. The summed E-state index contributed by atoms with van der Waals surface area (Å²) in [6.45, 7) is 3.11. The van der Waals surface area contributed by atoms with E-state index in [1.165, 1.54) is 29.2 Å². The standard InChI is InChI=1S/C20H18F5N3O2/c1-12(21)19(29)28-9-16(27-18-7-6-15(22)8-26-18)17(10-28)30-11-13-2-4-14(5-3-13)20(23,24)25/h2-8,16-17H,1,9-11H2,(H,26,27)/t16-,17-/m1/s1. The lowest BCUT2D eigenvalue weighted by Crippen LogP contribution is -2.34. The zero-order valence-corrected chi connectivity index (χ0v) is 15.6. The van der Waals surface area contributed by atoms with Crippen molar-refractivity contribution < 1.29 is 31.5 Å². The largest absolute Gasteiger partial charge is 0.416 e. The second-order valence-electron chi connectivity index (χ2n) is 6.77. The molecule has 2 heterocycles. The van der Waals surface area contributed by atoms with Crippen LogP contribution in [0.3, 0.4) is 0 Å². The SMILES string of the molecule is C=C(F)C(=O)N1C[C@@H](Nc2ccc(F)cn2)[C@H](OCc2ccc(C(F)(F)F)cc2)C1. The Kier molecular flexibility index (Phi) is 6.35. The molecule has 30 heavy (non-hydrogen) atoms. The molecule has 0 saturated carbocycles. The summed E-state index contributed by atoms with van der Waals surface area (Å²) < 4.78 is 70.1. The summed E-state index contributed by atoms with van der Waals surface area (Å²) in [6.07, 6.45) is -4.03. The van der Waals surface area contributed by atoms with Gasteiger partial charge in [0.25, 0.3) is 5.91 Å². The molecular formula is C20H18F5N3O2. The maximum atomic E-state index is 13.3. The average Bonchev–Trinajstić information content (AvgIpc) is 3.09. The van der Waals surface area contributed by atoms with E-state index in [-0.39, 0.29) is 19.7 Å². The first kappa shape index (κ1) is 21.7. The van der Waals surface area contributed by atoms with E-state index in [1.54, 1.807) is 0 Å². The van der Waals surface area contributed by atoms with E-state index in [0.29, 0.717) is 11.4 Å². The summed E-state index contributed by atoms with van der Waals surface area (Å²) in [5.74, 6) is -2.18. The van der Waals surface area contributed by atoms with Crippen LogP contribution in [-0.2, 0) is 22.3 Å². The van der Waals surface area contributed by atoms with Gasteiger partial charge in [0.05, 0.1) is 30.5 Å². The molecule has 10 heteroatoms. The monoisotopic (exact) mass is 427 g/mol. The molecule has 0 spiro atoms. The van der Waals surface area contributed by atoms with Crippen molar-refractivity contribution in [3.63, 3.8) is 0 Å². The Morgan fingerprint density at radius 1 is 1.20 bits per heavy atom. The number of nitrogens with zero attached hydrogens (tertiary/aromatic N) is 2. The number of hydrogen-bond acceptors (Lipinski definition) is 4. The second-order valence-corrected chi connectivity index (χ2v) is 6.77. The number of halogens is 5. The number of nitrogens with one attached hydrogen (secondary N) is 1. The molecule has 0 unspecified atom stereocenters. The summed E-state index contributed by atoms with van der Waals surface area (Å²) >= 11 is 0. The van der Waals surface area contributed by atoms with Crippen LogP contribution in [0, 0.1) is 5.82 Å². The van der Waals surface area contributed by atoms with Crippen LogP contribution >= 0.6 is 0 Å². The third-order valence-corrected chi connectivity index (χ3v) is 4.59. The number of amides is 1. The Hall–Kier alpha value is -3.01. The predicted octanol–water partition coefficient (Wildman–Crippen LogP) is 3.93. The molecule has 1 saturated heterocycles. The van der Waals surface area contributed by atoms with E-state index < -0.39 is 41.4 Å². The van der Waals surface area contributed by atoms with Gasteiger partial charge in [-0.2, -0.15) is 13.2 Å². The highest BCUT2D eigenvalue weighted by atomic mass is 19.4. The van der Waals surface area contributed by atoms with E-state index >= 15 is 0 Å². The van der Waals surface area contributed by atoms with Crippen LogP contribution in [0.1, 0.15) is 11.1 Å². The minimum absolute atomic E-state index is 0.0174. The predicted molar refractivity (Wildman–Crippen MR) is 98.5 cm³/mol. The maximum absolute atomic E-state index is 13.3. The highest BCUT2D eigenvalue weighted by molar-refractivity contribution is 5.90. The number of benzene rings is 1. The Balaban J connectivity index is 1.69. The van der Waals surface area contributed by atoms with Crippen molar-refractivity contribution in [2.45, 2.75) is 24.9 Å². The van der Waals surface area contributed by atoms with Crippen LogP contribution in [0.15, 0.2) is 55.0 Å². The Morgan fingerprint density at radius 2 is 1.90 bits per heavy atom. The fourth-order valence-electron chi connectivity index (χ4n) is 3.06. The number of likely N-dealkylation sites (tertiary alicyclic amines) is 1. The van der Waals surface area contributed by atoms with E-state index in [0.717, 1.165) is 18.3 Å². The second kappa shape index (κ2) is 8.78. The van der Waals surface area contributed by atoms with Crippen molar-refractivity contribution in [1.82, 2.24) is 9.88 Å². The first-order valence-electron chi connectivity index (χ1n) is 8.93. The lowest BCUT2D eigenvalue weighted by atomic mass is 10.1. The third kappa shape index (κ3) is 5.32. The lowest BCUT2D eigenvalue weighted by molar-refractivity contribution is -0.137. The van der Waals surface area contributed by atoms with Crippen LogP contribution in [0.2, 0.25) is 0 Å². The highest BCUT2D eigenvalue weighted by Gasteiger charge is 2.37. The molecule has 5 nitrogen and oxygen atoms in total. The van der Waals surface area contributed by atoms with E-state index in [9.17, 15) is 26.7 Å². The number of anilines is 1. The van der Waals surface area contributed by atoms with Crippen molar-refractivity contribution >= 4 is 11.7 Å². The molecule has 0 aliphatic carbocycles. The summed E-state index contributed by atoms with van der Waals surface area (Å²) in [5, 5.41) is 3.01. The van der Waals surface area contributed by atoms with Gasteiger partial charge in [-0.25, -0.2) is 13.8 Å². The lowest BCUT2D eigenvalue weighted by Gasteiger charge is -2.20. The number of carbonyl (C=O) groups excluding carboxylic acids is 1. The van der Waals surface area contributed by atoms with Gasteiger partial charge in [0, 0.05) is 13.1 Å². The molecule has 0 bridgehead atoms. The molecule has 1 aromatic heterocycles. The molecule has 1 aliphatic rings. The summed E-state index contributed by atoms with van der Waals surface area (Å²) in [5.41, 5.74) is -0.270. The molecule has 160 valence electrons. The molecule has 1 aromatic carbocycles.